The largest absolute Gasteiger partial charge is 0.481 e. The maximum absolute atomic E-state index is 11.2. The molecule has 0 aliphatic heterocycles. The van der Waals surface area contributed by atoms with Crippen molar-refractivity contribution < 1.29 is 9.90 Å². The fourth-order valence-corrected chi connectivity index (χ4v) is 4.73. The van der Waals surface area contributed by atoms with Crippen LogP contribution in [0.2, 0.25) is 10.0 Å². The van der Waals surface area contributed by atoms with Crippen molar-refractivity contribution in [1.82, 2.24) is 4.57 Å². The van der Waals surface area contributed by atoms with Gasteiger partial charge in [0.2, 0.25) is 0 Å². The maximum atomic E-state index is 11.2. The lowest BCUT2D eigenvalue weighted by Crippen LogP contribution is -2.03. The van der Waals surface area contributed by atoms with Gasteiger partial charge in [0, 0.05) is 23.6 Å². The molecule has 26 heavy (non-hydrogen) atoms. The number of carboxylic acid groups (broad SMARTS) is 1. The SMILES string of the molecule is [B]c1ccc2c(CC(=O)O)cn(Cc3csc4c(Cl)c(Cl)ccc34)c2c1. The molecular weight excluding hydrogens is 388 g/mol. The monoisotopic (exact) mass is 399 g/mol. The average Bonchev–Trinajstić information content (AvgIpc) is 3.13. The molecule has 2 aromatic heterocycles. The second-order valence-corrected chi connectivity index (χ2v) is 7.79. The first kappa shape index (κ1) is 17.5. The van der Waals surface area contributed by atoms with E-state index < -0.39 is 5.97 Å². The van der Waals surface area contributed by atoms with Crippen LogP contribution in [0.5, 0.6) is 0 Å². The summed E-state index contributed by atoms with van der Waals surface area (Å²) in [5.41, 5.74) is 3.43. The van der Waals surface area contributed by atoms with E-state index >= 15 is 0 Å². The van der Waals surface area contributed by atoms with Gasteiger partial charge in [0.05, 0.1) is 21.2 Å². The van der Waals surface area contributed by atoms with Gasteiger partial charge in [-0.15, -0.1) is 11.3 Å². The zero-order chi connectivity index (χ0) is 18.4. The summed E-state index contributed by atoms with van der Waals surface area (Å²) in [4.78, 5) is 11.2. The van der Waals surface area contributed by atoms with Crippen LogP contribution in [0, 0.1) is 0 Å². The number of nitrogens with zero attached hydrogens (tertiary/aromatic N) is 1. The van der Waals surface area contributed by atoms with Crippen molar-refractivity contribution in [2.24, 2.45) is 0 Å². The van der Waals surface area contributed by atoms with E-state index in [0.29, 0.717) is 22.1 Å². The summed E-state index contributed by atoms with van der Waals surface area (Å²) >= 11 is 14.0. The van der Waals surface area contributed by atoms with E-state index in [0.717, 1.165) is 32.1 Å². The predicted octanol–water partition coefficient (Wildman–Crippen LogP) is 4.63. The maximum Gasteiger partial charge on any atom is 0.307 e. The lowest BCUT2D eigenvalue weighted by molar-refractivity contribution is -0.136. The first-order valence-electron chi connectivity index (χ1n) is 7.87. The van der Waals surface area contributed by atoms with Gasteiger partial charge < -0.3 is 9.67 Å². The van der Waals surface area contributed by atoms with Gasteiger partial charge in [-0.25, -0.2) is 0 Å². The first-order chi connectivity index (χ1) is 12.4. The summed E-state index contributed by atoms with van der Waals surface area (Å²) in [7, 11) is 5.94. The van der Waals surface area contributed by atoms with E-state index in [2.05, 4.69) is 5.38 Å². The van der Waals surface area contributed by atoms with Gasteiger partial charge in [-0.05, 0) is 34.0 Å². The van der Waals surface area contributed by atoms with Crippen LogP contribution in [-0.2, 0) is 17.8 Å². The summed E-state index contributed by atoms with van der Waals surface area (Å²) in [5.74, 6) is -0.858. The molecular formula is C19H12BCl2NO2S. The van der Waals surface area contributed by atoms with E-state index in [4.69, 9.17) is 31.0 Å². The van der Waals surface area contributed by atoms with Crippen molar-refractivity contribution in [1.29, 1.82) is 0 Å². The predicted molar refractivity (Wildman–Crippen MR) is 110 cm³/mol. The van der Waals surface area contributed by atoms with Crippen LogP contribution in [0.4, 0.5) is 0 Å². The third-order valence-electron chi connectivity index (χ3n) is 4.39. The van der Waals surface area contributed by atoms with Crippen LogP contribution in [0.3, 0.4) is 0 Å². The topological polar surface area (TPSA) is 42.2 Å². The van der Waals surface area contributed by atoms with E-state index in [9.17, 15) is 9.90 Å². The Balaban J connectivity index is 1.84. The molecule has 0 saturated heterocycles. The zero-order valence-corrected chi connectivity index (χ0v) is 15.8. The van der Waals surface area contributed by atoms with Gasteiger partial charge in [0.1, 0.15) is 7.85 Å². The highest BCUT2D eigenvalue weighted by Crippen LogP contribution is 2.37. The van der Waals surface area contributed by atoms with E-state index in [1.165, 1.54) is 0 Å². The van der Waals surface area contributed by atoms with Crippen LogP contribution in [-0.4, -0.2) is 23.5 Å². The molecule has 2 heterocycles. The number of hydrogen-bond acceptors (Lipinski definition) is 2. The lowest BCUT2D eigenvalue weighted by Gasteiger charge is -2.06. The molecule has 0 bridgehead atoms. The highest BCUT2D eigenvalue weighted by Gasteiger charge is 2.14. The molecule has 7 heteroatoms. The summed E-state index contributed by atoms with van der Waals surface area (Å²) in [5, 5.41) is 14.3. The molecule has 0 aliphatic carbocycles. The molecule has 0 unspecified atom stereocenters. The number of benzene rings is 2. The quantitative estimate of drug-likeness (QED) is 0.508. The fourth-order valence-electron chi connectivity index (χ4n) is 3.22. The zero-order valence-electron chi connectivity index (χ0n) is 13.5. The van der Waals surface area contributed by atoms with Crippen LogP contribution >= 0.6 is 34.5 Å². The standard InChI is InChI=1S/C19H12BCl2NO2S/c20-12-1-2-13-10(5-17(24)25)7-23(16(13)6-12)8-11-9-26-19-14(11)3-4-15(21)18(19)22/h1-4,6-7,9H,5,8H2,(H,24,25). The number of carbonyl (C=O) groups is 1. The number of hydrogen-bond donors (Lipinski definition) is 1. The molecule has 3 nitrogen and oxygen atoms in total. The van der Waals surface area contributed by atoms with Gasteiger partial charge in [-0.2, -0.15) is 0 Å². The smallest absolute Gasteiger partial charge is 0.307 e. The molecule has 0 spiro atoms. The normalized spacial score (nSPS) is 11.5. The van der Waals surface area contributed by atoms with E-state index in [1.54, 1.807) is 23.5 Å². The van der Waals surface area contributed by atoms with Gasteiger partial charge in [-0.1, -0.05) is 46.9 Å². The van der Waals surface area contributed by atoms with Crippen molar-refractivity contribution in [3.05, 3.63) is 63.1 Å². The van der Waals surface area contributed by atoms with E-state index in [1.807, 2.05) is 29.0 Å². The molecule has 128 valence electrons. The highest BCUT2D eigenvalue weighted by atomic mass is 35.5. The Bertz CT molecular complexity index is 1170. The number of carboxylic acids is 1. The minimum absolute atomic E-state index is 0.0285. The fraction of sp³-hybridized carbons (Fsp3) is 0.105. The Morgan fingerprint density at radius 1 is 1.15 bits per heavy atom. The average molecular weight is 400 g/mol. The number of rotatable bonds is 4. The molecule has 2 aromatic carbocycles. The molecule has 2 radical (unpaired) electrons. The molecule has 0 aliphatic rings. The molecule has 1 N–H and O–H groups in total. The number of fused-ring (bicyclic) bond motifs is 2. The minimum Gasteiger partial charge on any atom is -0.481 e. The van der Waals surface area contributed by atoms with Gasteiger partial charge in [-0.3, -0.25) is 4.79 Å². The molecule has 4 rings (SSSR count). The Morgan fingerprint density at radius 3 is 2.69 bits per heavy atom. The molecule has 0 amide bonds. The number of thiophene rings is 1. The third kappa shape index (κ3) is 3.00. The van der Waals surface area contributed by atoms with E-state index in [-0.39, 0.29) is 6.42 Å². The summed E-state index contributed by atoms with van der Waals surface area (Å²) in [6, 6.07) is 9.30. The number of aliphatic carboxylic acids is 1. The van der Waals surface area contributed by atoms with Gasteiger partial charge in [0.25, 0.3) is 0 Å². The number of aromatic nitrogens is 1. The van der Waals surface area contributed by atoms with Crippen LogP contribution < -0.4 is 5.46 Å². The first-order valence-corrected chi connectivity index (χ1v) is 9.50. The third-order valence-corrected chi connectivity index (χ3v) is 6.36. The van der Waals surface area contributed by atoms with Crippen molar-refractivity contribution in [2.75, 3.05) is 0 Å². The second kappa shape index (κ2) is 6.65. The minimum atomic E-state index is -0.858. The van der Waals surface area contributed by atoms with Crippen LogP contribution in [0.15, 0.2) is 41.9 Å². The molecule has 0 saturated carbocycles. The van der Waals surface area contributed by atoms with Gasteiger partial charge in [0.15, 0.2) is 0 Å². The Hall–Kier alpha value is -1.95. The van der Waals surface area contributed by atoms with Crippen molar-refractivity contribution in [3.8, 4) is 0 Å². The second-order valence-electron chi connectivity index (χ2n) is 6.13. The Labute approximate surface area is 165 Å². The summed E-state index contributed by atoms with van der Waals surface area (Å²) < 4.78 is 2.99. The Kier molecular flexibility index (Phi) is 4.47. The molecule has 0 atom stereocenters. The molecule has 0 fully saturated rings. The molecule has 4 aromatic rings. The van der Waals surface area contributed by atoms with Crippen molar-refractivity contribution in [2.45, 2.75) is 13.0 Å². The highest BCUT2D eigenvalue weighted by molar-refractivity contribution is 7.18. The van der Waals surface area contributed by atoms with Crippen molar-refractivity contribution >= 4 is 74.8 Å². The van der Waals surface area contributed by atoms with Crippen molar-refractivity contribution in [3.63, 3.8) is 0 Å². The Morgan fingerprint density at radius 2 is 1.92 bits per heavy atom. The van der Waals surface area contributed by atoms with Crippen LogP contribution in [0.1, 0.15) is 11.1 Å². The van der Waals surface area contributed by atoms with Crippen LogP contribution in [0.25, 0.3) is 21.0 Å². The summed E-state index contributed by atoms with van der Waals surface area (Å²) in [6.45, 7) is 0.595. The lowest BCUT2D eigenvalue weighted by atomic mass is 9.94. The number of halogens is 2. The summed E-state index contributed by atoms with van der Waals surface area (Å²) in [6.07, 6.45) is 1.86. The van der Waals surface area contributed by atoms with Gasteiger partial charge >= 0.3 is 5.97 Å².